The van der Waals surface area contributed by atoms with Crippen LogP contribution in [0.15, 0.2) is 72.8 Å². The molecule has 0 N–H and O–H groups in total. The Kier molecular flexibility index (Phi) is 3.56. The third-order valence-electron chi connectivity index (χ3n) is 3.78. The van der Waals surface area contributed by atoms with Crippen LogP contribution in [0.5, 0.6) is 0 Å². The molecular weight excluding hydrogens is 327 g/mol. The van der Waals surface area contributed by atoms with Crippen LogP contribution in [0.25, 0.3) is 27.8 Å². The van der Waals surface area contributed by atoms with Gasteiger partial charge in [0.1, 0.15) is 5.69 Å². The van der Waals surface area contributed by atoms with Crippen LogP contribution < -0.4 is 0 Å². The predicted octanol–water partition coefficient (Wildman–Crippen LogP) is 6.00. The lowest BCUT2D eigenvalue weighted by atomic mass is 10.1. The molecule has 112 valence electrons. The van der Waals surface area contributed by atoms with Crippen molar-refractivity contribution in [2.45, 2.75) is 0 Å². The average molecular weight is 339 g/mol. The molecule has 0 bridgehead atoms. The predicted molar refractivity (Wildman–Crippen MR) is 96.5 cm³/mol. The lowest BCUT2D eigenvalue weighted by molar-refractivity contribution is 0.915. The van der Waals surface area contributed by atoms with Crippen molar-refractivity contribution in [2.75, 3.05) is 0 Å². The smallest absolute Gasteiger partial charge is 0.101 e. The van der Waals surface area contributed by atoms with Gasteiger partial charge in [0.2, 0.25) is 0 Å². The van der Waals surface area contributed by atoms with E-state index in [0.717, 1.165) is 32.9 Å². The lowest BCUT2D eigenvalue weighted by Gasteiger charge is -2.03. The maximum absolute atomic E-state index is 6.00. The molecule has 0 aliphatic carbocycles. The Labute approximate surface area is 143 Å². The van der Waals surface area contributed by atoms with Crippen molar-refractivity contribution in [3.8, 4) is 16.9 Å². The Hall–Kier alpha value is -2.29. The fourth-order valence-corrected chi connectivity index (χ4v) is 2.92. The van der Waals surface area contributed by atoms with Crippen LogP contribution in [0.3, 0.4) is 0 Å². The summed E-state index contributed by atoms with van der Waals surface area (Å²) in [6.07, 6.45) is 0. The molecule has 0 atom stereocenters. The van der Waals surface area contributed by atoms with Crippen molar-refractivity contribution in [1.29, 1.82) is 0 Å². The van der Waals surface area contributed by atoms with Crippen LogP contribution in [0, 0.1) is 0 Å². The highest BCUT2D eigenvalue weighted by Crippen LogP contribution is 2.30. The summed E-state index contributed by atoms with van der Waals surface area (Å²) < 4.78 is 1.94. The number of fused-ring (bicyclic) bond motifs is 1. The first kappa shape index (κ1) is 14.3. The zero-order valence-electron chi connectivity index (χ0n) is 12.1. The molecular formula is C19H12Cl2N2. The first-order valence-corrected chi connectivity index (χ1v) is 7.97. The number of rotatable bonds is 2. The van der Waals surface area contributed by atoms with Crippen molar-refractivity contribution in [3.05, 3.63) is 82.8 Å². The standard InChI is InChI=1S/C19H12Cl2N2/c20-14-7-5-13(6-8-14)19-17-3-1-2-4-18(17)23(22-19)16-11-9-15(21)10-12-16/h1-12H. The quantitative estimate of drug-likeness (QED) is 0.438. The maximum Gasteiger partial charge on any atom is 0.101 e. The summed E-state index contributed by atoms with van der Waals surface area (Å²) in [7, 11) is 0. The first-order chi connectivity index (χ1) is 11.2. The summed E-state index contributed by atoms with van der Waals surface area (Å²) in [6.45, 7) is 0. The van der Waals surface area contributed by atoms with E-state index in [4.69, 9.17) is 28.3 Å². The molecule has 4 heteroatoms. The zero-order valence-corrected chi connectivity index (χ0v) is 13.6. The van der Waals surface area contributed by atoms with E-state index in [9.17, 15) is 0 Å². The first-order valence-electron chi connectivity index (χ1n) is 7.22. The van der Waals surface area contributed by atoms with Crippen LogP contribution in [0.2, 0.25) is 10.0 Å². The van der Waals surface area contributed by atoms with E-state index in [-0.39, 0.29) is 0 Å². The molecule has 23 heavy (non-hydrogen) atoms. The van der Waals surface area contributed by atoms with E-state index >= 15 is 0 Å². The van der Waals surface area contributed by atoms with Crippen molar-refractivity contribution in [2.24, 2.45) is 0 Å². The largest absolute Gasteiger partial charge is 0.232 e. The normalized spacial score (nSPS) is 11.0. The van der Waals surface area contributed by atoms with E-state index in [1.165, 1.54) is 0 Å². The SMILES string of the molecule is Clc1ccc(-c2nn(-c3ccc(Cl)cc3)c3ccccc23)cc1. The molecule has 4 aromatic rings. The van der Waals surface area contributed by atoms with Crippen LogP contribution in [-0.2, 0) is 0 Å². The summed E-state index contributed by atoms with van der Waals surface area (Å²) in [5, 5.41) is 7.35. The molecule has 1 aromatic heterocycles. The molecule has 0 spiro atoms. The molecule has 0 unspecified atom stereocenters. The molecule has 3 aromatic carbocycles. The van der Waals surface area contributed by atoms with Crippen molar-refractivity contribution in [3.63, 3.8) is 0 Å². The van der Waals surface area contributed by atoms with Gasteiger partial charge in [0.15, 0.2) is 0 Å². The Morgan fingerprint density at radius 1 is 0.696 bits per heavy atom. The topological polar surface area (TPSA) is 17.8 Å². The van der Waals surface area contributed by atoms with Crippen LogP contribution in [-0.4, -0.2) is 9.78 Å². The molecule has 4 rings (SSSR count). The molecule has 2 nitrogen and oxygen atoms in total. The van der Waals surface area contributed by atoms with Gasteiger partial charge in [-0.3, -0.25) is 0 Å². The van der Waals surface area contributed by atoms with Gasteiger partial charge in [0.05, 0.1) is 11.2 Å². The highest BCUT2D eigenvalue weighted by atomic mass is 35.5. The number of aromatic nitrogens is 2. The zero-order chi connectivity index (χ0) is 15.8. The molecule has 0 saturated heterocycles. The minimum absolute atomic E-state index is 0.711. The molecule has 0 fully saturated rings. The number of hydrogen-bond acceptors (Lipinski definition) is 1. The van der Waals surface area contributed by atoms with Gasteiger partial charge in [-0.25, -0.2) is 4.68 Å². The monoisotopic (exact) mass is 338 g/mol. The number of para-hydroxylation sites is 1. The van der Waals surface area contributed by atoms with Crippen molar-refractivity contribution < 1.29 is 0 Å². The van der Waals surface area contributed by atoms with Gasteiger partial charge in [-0.1, -0.05) is 53.5 Å². The Morgan fingerprint density at radius 2 is 1.30 bits per heavy atom. The minimum Gasteiger partial charge on any atom is -0.232 e. The Bertz CT molecular complexity index is 891. The fraction of sp³-hybridized carbons (Fsp3) is 0. The third kappa shape index (κ3) is 2.61. The van der Waals surface area contributed by atoms with E-state index < -0.39 is 0 Å². The van der Waals surface area contributed by atoms with Crippen molar-refractivity contribution >= 4 is 34.1 Å². The summed E-state index contributed by atoms with van der Waals surface area (Å²) in [4.78, 5) is 0. The summed E-state index contributed by atoms with van der Waals surface area (Å²) in [6, 6.07) is 23.6. The van der Waals surface area contributed by atoms with Gasteiger partial charge in [0, 0.05) is 21.0 Å². The van der Waals surface area contributed by atoms with Gasteiger partial charge in [0.25, 0.3) is 0 Å². The number of halogens is 2. The van der Waals surface area contributed by atoms with Gasteiger partial charge < -0.3 is 0 Å². The van der Waals surface area contributed by atoms with Crippen LogP contribution in [0.1, 0.15) is 0 Å². The van der Waals surface area contributed by atoms with Crippen LogP contribution >= 0.6 is 23.2 Å². The van der Waals surface area contributed by atoms with Gasteiger partial charge in [-0.2, -0.15) is 5.10 Å². The van der Waals surface area contributed by atoms with Gasteiger partial charge >= 0.3 is 0 Å². The highest BCUT2D eigenvalue weighted by molar-refractivity contribution is 6.30. The van der Waals surface area contributed by atoms with E-state index in [1.54, 1.807) is 0 Å². The molecule has 0 aliphatic heterocycles. The van der Waals surface area contributed by atoms with E-state index in [1.807, 2.05) is 65.3 Å². The molecule has 0 radical (unpaired) electrons. The van der Waals surface area contributed by atoms with E-state index in [2.05, 4.69) is 12.1 Å². The second kappa shape index (κ2) is 5.73. The van der Waals surface area contributed by atoms with Crippen LogP contribution in [0.4, 0.5) is 0 Å². The van der Waals surface area contributed by atoms with Crippen molar-refractivity contribution in [1.82, 2.24) is 9.78 Å². The second-order valence-corrected chi connectivity index (χ2v) is 6.13. The molecule has 0 aliphatic rings. The van der Waals surface area contributed by atoms with Gasteiger partial charge in [-0.15, -0.1) is 0 Å². The maximum atomic E-state index is 6.00. The summed E-state index contributed by atoms with van der Waals surface area (Å²) in [5.41, 5.74) is 4.01. The average Bonchev–Trinajstić information content (AvgIpc) is 2.96. The molecule has 1 heterocycles. The second-order valence-electron chi connectivity index (χ2n) is 5.26. The Morgan fingerprint density at radius 3 is 2.00 bits per heavy atom. The lowest BCUT2D eigenvalue weighted by Crippen LogP contribution is -1.95. The molecule has 0 saturated carbocycles. The Balaban J connectivity index is 1.96. The molecule has 0 amide bonds. The van der Waals surface area contributed by atoms with Gasteiger partial charge in [-0.05, 0) is 42.5 Å². The number of benzene rings is 3. The highest BCUT2D eigenvalue weighted by Gasteiger charge is 2.13. The summed E-state index contributed by atoms with van der Waals surface area (Å²) in [5.74, 6) is 0. The van der Waals surface area contributed by atoms with E-state index in [0.29, 0.717) is 5.02 Å². The number of hydrogen-bond donors (Lipinski definition) is 0. The third-order valence-corrected chi connectivity index (χ3v) is 4.28. The minimum atomic E-state index is 0.711. The summed E-state index contributed by atoms with van der Waals surface area (Å²) >= 11 is 12.0. The number of nitrogens with zero attached hydrogens (tertiary/aromatic N) is 2. The fourth-order valence-electron chi connectivity index (χ4n) is 2.67.